The Morgan fingerprint density at radius 1 is 0.810 bits per heavy atom. The molecule has 0 saturated heterocycles. The third-order valence-electron chi connectivity index (χ3n) is 3.94. The molecule has 0 bridgehead atoms. The molecular formula is C17H31N3O. The predicted molar refractivity (Wildman–Crippen MR) is 86.2 cm³/mol. The Morgan fingerprint density at radius 2 is 1.24 bits per heavy atom. The lowest BCUT2D eigenvalue weighted by Crippen LogP contribution is -2.25. The number of aliphatic imine (C=N–C) groups is 1. The van der Waals surface area contributed by atoms with E-state index in [0.717, 1.165) is 25.7 Å². The third kappa shape index (κ3) is 8.11. The molecule has 0 aliphatic heterocycles. The molecule has 1 aliphatic rings. The van der Waals surface area contributed by atoms with Crippen molar-refractivity contribution in [2.24, 2.45) is 15.2 Å². The summed E-state index contributed by atoms with van der Waals surface area (Å²) in [5.41, 5.74) is -0.886. The molecule has 4 nitrogen and oxygen atoms in total. The van der Waals surface area contributed by atoms with E-state index < -0.39 is 5.66 Å². The zero-order valence-electron chi connectivity index (χ0n) is 14.0. The number of carbonyl (C=O) groups excluding carboxylic acids is 1. The number of rotatable bonds is 2. The first kappa shape index (κ1) is 18.0. The van der Waals surface area contributed by atoms with Gasteiger partial charge in [-0.2, -0.15) is 15.2 Å². The predicted octanol–water partition coefficient (Wildman–Crippen LogP) is 5.57. The topological polar surface area (TPSA) is 54.1 Å². The van der Waals surface area contributed by atoms with Crippen LogP contribution < -0.4 is 0 Å². The van der Waals surface area contributed by atoms with Gasteiger partial charge in [-0.15, -0.1) is 0 Å². The van der Waals surface area contributed by atoms with Gasteiger partial charge >= 0.3 is 0 Å². The lowest BCUT2D eigenvalue weighted by molar-refractivity contribution is 0.317. The maximum atomic E-state index is 10.9. The van der Waals surface area contributed by atoms with Crippen molar-refractivity contribution < 1.29 is 4.79 Å². The van der Waals surface area contributed by atoms with Gasteiger partial charge in [0.1, 0.15) is 0 Å². The summed E-state index contributed by atoms with van der Waals surface area (Å²) < 4.78 is 0. The van der Waals surface area contributed by atoms with Gasteiger partial charge in [-0.3, -0.25) is 0 Å². The highest BCUT2D eigenvalue weighted by atomic mass is 16.1. The molecule has 0 aromatic heterocycles. The minimum atomic E-state index is -0.659. The Kier molecular flexibility index (Phi) is 7.81. The molecule has 1 rings (SSSR count). The second kappa shape index (κ2) is 9.09. The molecule has 0 amide bonds. The fourth-order valence-electron chi connectivity index (χ4n) is 2.74. The van der Waals surface area contributed by atoms with Crippen LogP contribution in [0.15, 0.2) is 15.2 Å². The summed E-state index contributed by atoms with van der Waals surface area (Å²) in [5.74, 6) is 0. The molecule has 0 aromatic carbocycles. The monoisotopic (exact) mass is 293 g/mol. The van der Waals surface area contributed by atoms with Gasteiger partial charge in [0, 0.05) is 0 Å². The van der Waals surface area contributed by atoms with E-state index in [1.807, 2.05) is 20.8 Å². The van der Waals surface area contributed by atoms with E-state index >= 15 is 0 Å². The molecule has 1 fully saturated rings. The minimum absolute atomic E-state index is 0.227. The van der Waals surface area contributed by atoms with Crippen molar-refractivity contribution in [2.45, 2.75) is 103 Å². The Hall–Kier alpha value is -1.02. The first-order valence-electron chi connectivity index (χ1n) is 8.51. The van der Waals surface area contributed by atoms with Gasteiger partial charge in [-0.05, 0) is 46.5 Å². The van der Waals surface area contributed by atoms with E-state index in [1.54, 1.807) is 6.08 Å². The molecule has 4 heteroatoms. The molecule has 21 heavy (non-hydrogen) atoms. The average molecular weight is 293 g/mol. The summed E-state index contributed by atoms with van der Waals surface area (Å²) in [4.78, 5) is 15.0. The molecule has 0 radical (unpaired) electrons. The average Bonchev–Trinajstić information content (AvgIpc) is 2.40. The van der Waals surface area contributed by atoms with E-state index in [0.29, 0.717) is 0 Å². The quantitative estimate of drug-likeness (QED) is 0.373. The Bertz CT molecular complexity index is 353. The summed E-state index contributed by atoms with van der Waals surface area (Å²) in [7, 11) is 0. The second-order valence-electron chi connectivity index (χ2n) is 7.24. The van der Waals surface area contributed by atoms with Crippen molar-refractivity contribution in [3.05, 3.63) is 0 Å². The van der Waals surface area contributed by atoms with Gasteiger partial charge < -0.3 is 0 Å². The molecule has 1 aliphatic carbocycles. The molecule has 0 atom stereocenters. The van der Waals surface area contributed by atoms with Crippen LogP contribution >= 0.6 is 0 Å². The van der Waals surface area contributed by atoms with Crippen LogP contribution in [0.2, 0.25) is 0 Å². The van der Waals surface area contributed by atoms with Crippen LogP contribution in [0.5, 0.6) is 0 Å². The fraction of sp³-hybridized carbons (Fsp3) is 0.941. The molecule has 0 unspecified atom stereocenters. The second-order valence-corrected chi connectivity index (χ2v) is 7.24. The van der Waals surface area contributed by atoms with Gasteiger partial charge in [0.05, 0.1) is 5.54 Å². The third-order valence-corrected chi connectivity index (χ3v) is 3.94. The molecule has 0 heterocycles. The van der Waals surface area contributed by atoms with Gasteiger partial charge in [-0.25, -0.2) is 4.79 Å². The van der Waals surface area contributed by atoms with Gasteiger partial charge in [0.2, 0.25) is 6.08 Å². The number of isocyanates is 1. The van der Waals surface area contributed by atoms with Crippen LogP contribution in [0.3, 0.4) is 0 Å². The van der Waals surface area contributed by atoms with E-state index in [9.17, 15) is 4.79 Å². The Labute approximate surface area is 129 Å². The molecule has 0 spiro atoms. The first-order valence-corrected chi connectivity index (χ1v) is 8.51. The lowest BCUT2D eigenvalue weighted by Gasteiger charge is -2.25. The summed E-state index contributed by atoms with van der Waals surface area (Å²) in [6, 6.07) is 0. The van der Waals surface area contributed by atoms with Crippen molar-refractivity contribution in [2.75, 3.05) is 0 Å². The highest BCUT2D eigenvalue weighted by molar-refractivity contribution is 5.34. The van der Waals surface area contributed by atoms with Crippen molar-refractivity contribution in [1.82, 2.24) is 0 Å². The standard InChI is InChI=1S/C17H31N3O/c1-16(2,3)19-20-17(18-15-21)13-11-9-7-5-4-6-8-10-12-14-17/h4-14H2,1-3H3. The van der Waals surface area contributed by atoms with Crippen LogP contribution in [0, 0.1) is 0 Å². The largest absolute Gasteiger partial charge is 0.237 e. The van der Waals surface area contributed by atoms with E-state index in [1.165, 1.54) is 44.9 Å². The van der Waals surface area contributed by atoms with Gasteiger partial charge in [0.25, 0.3) is 0 Å². The van der Waals surface area contributed by atoms with Gasteiger partial charge in [-0.1, -0.05) is 44.9 Å². The Morgan fingerprint density at radius 3 is 1.62 bits per heavy atom. The van der Waals surface area contributed by atoms with Crippen molar-refractivity contribution in [3.8, 4) is 0 Å². The first-order chi connectivity index (χ1) is 9.97. The van der Waals surface area contributed by atoms with E-state index in [2.05, 4.69) is 15.2 Å². The number of hydrogen-bond acceptors (Lipinski definition) is 4. The number of nitrogens with zero attached hydrogens (tertiary/aromatic N) is 3. The highest BCUT2D eigenvalue weighted by Crippen LogP contribution is 2.30. The highest BCUT2D eigenvalue weighted by Gasteiger charge is 2.29. The van der Waals surface area contributed by atoms with Crippen LogP contribution in [-0.4, -0.2) is 17.3 Å². The van der Waals surface area contributed by atoms with E-state index in [4.69, 9.17) is 0 Å². The normalized spacial score (nSPS) is 22.0. The van der Waals surface area contributed by atoms with Gasteiger partial charge in [0.15, 0.2) is 5.66 Å². The SMILES string of the molecule is CC(C)(C)N=NC1(N=C=O)CCCCCCCCCCC1. The zero-order chi connectivity index (χ0) is 15.6. The summed E-state index contributed by atoms with van der Waals surface area (Å²) in [6.45, 7) is 6.05. The Balaban J connectivity index is 2.81. The molecule has 120 valence electrons. The summed E-state index contributed by atoms with van der Waals surface area (Å²) in [6.07, 6.45) is 14.5. The molecule has 0 N–H and O–H groups in total. The molecule has 0 aromatic rings. The van der Waals surface area contributed by atoms with Crippen molar-refractivity contribution in [1.29, 1.82) is 0 Å². The molecule has 1 saturated carbocycles. The lowest BCUT2D eigenvalue weighted by atomic mass is 9.94. The maximum Gasteiger partial charge on any atom is 0.237 e. The fourth-order valence-corrected chi connectivity index (χ4v) is 2.74. The van der Waals surface area contributed by atoms with Crippen LogP contribution in [0.4, 0.5) is 0 Å². The molecular weight excluding hydrogens is 262 g/mol. The van der Waals surface area contributed by atoms with Crippen LogP contribution in [0.25, 0.3) is 0 Å². The van der Waals surface area contributed by atoms with Crippen LogP contribution in [0.1, 0.15) is 91.4 Å². The zero-order valence-corrected chi connectivity index (χ0v) is 14.0. The van der Waals surface area contributed by atoms with E-state index in [-0.39, 0.29) is 5.54 Å². The number of azo groups is 1. The smallest absolute Gasteiger partial charge is 0.211 e. The summed E-state index contributed by atoms with van der Waals surface area (Å²) in [5, 5.41) is 8.89. The maximum absolute atomic E-state index is 10.9. The number of hydrogen-bond donors (Lipinski definition) is 0. The van der Waals surface area contributed by atoms with Crippen LogP contribution in [-0.2, 0) is 4.79 Å². The van der Waals surface area contributed by atoms with Crippen molar-refractivity contribution in [3.63, 3.8) is 0 Å². The summed E-state index contributed by atoms with van der Waals surface area (Å²) >= 11 is 0. The minimum Gasteiger partial charge on any atom is -0.211 e. The van der Waals surface area contributed by atoms with Crippen molar-refractivity contribution >= 4 is 6.08 Å².